The van der Waals surface area contributed by atoms with Gasteiger partial charge >= 0.3 is 6.09 Å². The minimum atomic E-state index is -3.90. The van der Waals surface area contributed by atoms with Crippen LogP contribution in [0.5, 0.6) is 0 Å². The zero-order chi connectivity index (χ0) is 12.9. The highest BCUT2D eigenvalue weighted by molar-refractivity contribution is 7.89. The van der Waals surface area contributed by atoms with E-state index in [9.17, 15) is 13.2 Å². The van der Waals surface area contributed by atoms with Gasteiger partial charge in [0.2, 0.25) is 0 Å². The van der Waals surface area contributed by atoms with E-state index in [2.05, 4.69) is 4.74 Å². The third-order valence-corrected chi connectivity index (χ3v) is 3.44. The molecule has 0 heterocycles. The van der Waals surface area contributed by atoms with Crippen LogP contribution >= 0.6 is 11.6 Å². The summed E-state index contributed by atoms with van der Waals surface area (Å²) >= 11 is 5.72. The predicted molar refractivity (Wildman–Crippen MR) is 61.9 cm³/mol. The fourth-order valence-corrected chi connectivity index (χ4v) is 2.34. The Labute approximate surface area is 104 Å². The Hall–Kier alpha value is -1.31. The molecule has 0 aromatic heterocycles. The maximum Gasteiger partial charge on any atom is 0.422 e. The van der Waals surface area contributed by atoms with E-state index in [0.29, 0.717) is 0 Å². The Morgan fingerprint density at radius 2 is 2.06 bits per heavy atom. The molecule has 94 valence electrons. The van der Waals surface area contributed by atoms with Crippen LogP contribution in [0.2, 0.25) is 5.02 Å². The van der Waals surface area contributed by atoms with E-state index in [1.807, 2.05) is 10.3 Å². The first-order valence-electron chi connectivity index (χ1n) is 4.66. The molecule has 0 atom stereocenters. The molecule has 1 amide bonds. The highest BCUT2D eigenvalue weighted by Crippen LogP contribution is 2.19. The molecule has 17 heavy (non-hydrogen) atoms. The number of hydrogen-bond donors (Lipinski definition) is 2. The van der Waals surface area contributed by atoms with Crippen molar-refractivity contribution in [2.75, 3.05) is 6.61 Å². The number of hydrogen-bond acceptors (Lipinski definition) is 4. The molecule has 6 nitrogen and oxygen atoms in total. The minimum Gasteiger partial charge on any atom is -0.449 e. The van der Waals surface area contributed by atoms with Crippen molar-refractivity contribution in [2.24, 2.45) is 0 Å². The maximum absolute atomic E-state index is 11.7. The molecule has 0 bridgehead atoms. The van der Waals surface area contributed by atoms with Gasteiger partial charge in [-0.1, -0.05) is 23.7 Å². The molecule has 0 aliphatic carbocycles. The van der Waals surface area contributed by atoms with Gasteiger partial charge in [-0.25, -0.2) is 18.6 Å². The molecule has 0 fully saturated rings. The predicted octanol–water partition coefficient (Wildman–Crippen LogP) is 1.28. The van der Waals surface area contributed by atoms with E-state index in [4.69, 9.17) is 11.6 Å². The zero-order valence-electron chi connectivity index (χ0n) is 8.94. The smallest absolute Gasteiger partial charge is 0.422 e. The van der Waals surface area contributed by atoms with Crippen LogP contribution in [-0.4, -0.2) is 21.1 Å². The summed E-state index contributed by atoms with van der Waals surface area (Å²) in [6.45, 7) is 1.74. The molecular weight excluding hydrogens is 268 g/mol. The van der Waals surface area contributed by atoms with Crippen molar-refractivity contribution in [3.05, 3.63) is 29.3 Å². The Bertz CT molecular complexity index is 503. The van der Waals surface area contributed by atoms with Crippen LogP contribution in [0.1, 0.15) is 6.92 Å². The molecule has 1 aromatic rings. The first-order chi connectivity index (χ1) is 7.97. The number of nitrogens with one attached hydrogen (secondary N) is 2. The summed E-state index contributed by atoms with van der Waals surface area (Å²) in [5, 5.41) is 0.0608. The van der Waals surface area contributed by atoms with Gasteiger partial charge in [-0.2, -0.15) is 0 Å². The molecule has 2 N–H and O–H groups in total. The monoisotopic (exact) mass is 278 g/mol. The number of hydrazine groups is 1. The Morgan fingerprint density at radius 1 is 1.41 bits per heavy atom. The van der Waals surface area contributed by atoms with Gasteiger partial charge in [0, 0.05) is 0 Å². The maximum atomic E-state index is 11.7. The standard InChI is InChI=1S/C9H11ClN2O4S/c1-2-16-9(13)11-12-17(14,15)8-6-4-3-5-7(8)10/h3-6,12H,2H2,1H3,(H,11,13). The summed E-state index contributed by atoms with van der Waals surface area (Å²) in [7, 11) is -3.90. The minimum absolute atomic E-state index is 0.0608. The second-order valence-corrected chi connectivity index (χ2v) is 4.94. The molecule has 0 saturated heterocycles. The highest BCUT2D eigenvalue weighted by Gasteiger charge is 2.18. The average molecular weight is 279 g/mol. The second-order valence-electron chi connectivity index (χ2n) is 2.88. The van der Waals surface area contributed by atoms with E-state index in [1.54, 1.807) is 13.0 Å². The molecule has 1 rings (SSSR count). The van der Waals surface area contributed by atoms with E-state index >= 15 is 0 Å². The molecule has 0 aliphatic rings. The van der Waals surface area contributed by atoms with Gasteiger partial charge in [0.1, 0.15) is 4.90 Å². The van der Waals surface area contributed by atoms with Crippen molar-refractivity contribution in [3.8, 4) is 0 Å². The third-order valence-electron chi connectivity index (χ3n) is 1.69. The second kappa shape index (κ2) is 5.85. The lowest BCUT2D eigenvalue weighted by molar-refractivity contribution is 0.150. The van der Waals surface area contributed by atoms with E-state index < -0.39 is 16.1 Å². The number of ether oxygens (including phenoxy) is 1. The Balaban J connectivity index is 2.77. The van der Waals surface area contributed by atoms with Crippen molar-refractivity contribution >= 4 is 27.7 Å². The summed E-state index contributed by atoms with van der Waals surface area (Å²) in [6.07, 6.45) is -0.886. The normalized spacial score (nSPS) is 10.9. The number of halogens is 1. The third kappa shape index (κ3) is 3.88. The van der Waals surface area contributed by atoms with Crippen molar-refractivity contribution in [1.82, 2.24) is 10.3 Å². The largest absolute Gasteiger partial charge is 0.449 e. The fourth-order valence-electron chi connectivity index (χ4n) is 0.994. The fraction of sp³-hybridized carbons (Fsp3) is 0.222. The number of carbonyl (C=O) groups excluding carboxylic acids is 1. The number of carbonyl (C=O) groups is 1. The van der Waals surface area contributed by atoms with Crippen LogP contribution in [-0.2, 0) is 14.8 Å². The summed E-state index contributed by atoms with van der Waals surface area (Å²) < 4.78 is 27.9. The van der Waals surface area contributed by atoms with E-state index in [1.165, 1.54) is 18.2 Å². The molecule has 0 saturated carbocycles. The Morgan fingerprint density at radius 3 is 2.65 bits per heavy atom. The number of benzene rings is 1. The van der Waals surface area contributed by atoms with Crippen LogP contribution in [0.3, 0.4) is 0 Å². The number of sulfonamides is 1. The van der Waals surface area contributed by atoms with Crippen LogP contribution < -0.4 is 10.3 Å². The molecule has 1 aromatic carbocycles. The number of amides is 1. The van der Waals surface area contributed by atoms with Crippen LogP contribution in [0.25, 0.3) is 0 Å². The van der Waals surface area contributed by atoms with Gasteiger partial charge in [-0.3, -0.25) is 0 Å². The van der Waals surface area contributed by atoms with E-state index in [0.717, 1.165) is 0 Å². The highest BCUT2D eigenvalue weighted by atomic mass is 35.5. The van der Waals surface area contributed by atoms with Gasteiger partial charge in [0.25, 0.3) is 10.0 Å². The van der Waals surface area contributed by atoms with Crippen LogP contribution in [0.15, 0.2) is 29.2 Å². The summed E-state index contributed by atoms with van der Waals surface area (Å²) in [5.41, 5.74) is 1.89. The first-order valence-corrected chi connectivity index (χ1v) is 6.52. The summed E-state index contributed by atoms with van der Waals surface area (Å²) in [6, 6.07) is 5.86. The molecule has 0 unspecified atom stereocenters. The van der Waals surface area contributed by atoms with Gasteiger partial charge in [-0.05, 0) is 19.1 Å². The Kier molecular flexibility index (Phi) is 4.73. The lowest BCUT2D eigenvalue weighted by Crippen LogP contribution is -2.41. The van der Waals surface area contributed by atoms with Crippen molar-refractivity contribution in [1.29, 1.82) is 0 Å². The zero-order valence-corrected chi connectivity index (χ0v) is 10.5. The quantitative estimate of drug-likeness (QED) is 0.813. The van der Waals surface area contributed by atoms with Crippen LogP contribution in [0, 0.1) is 0 Å². The average Bonchev–Trinajstić information content (AvgIpc) is 2.27. The van der Waals surface area contributed by atoms with Gasteiger partial charge in [0.15, 0.2) is 0 Å². The lowest BCUT2D eigenvalue weighted by Gasteiger charge is -2.09. The van der Waals surface area contributed by atoms with Gasteiger partial charge in [0.05, 0.1) is 11.6 Å². The van der Waals surface area contributed by atoms with Crippen molar-refractivity contribution in [2.45, 2.75) is 11.8 Å². The van der Waals surface area contributed by atoms with Crippen LogP contribution in [0.4, 0.5) is 4.79 Å². The molecule has 8 heteroatoms. The topological polar surface area (TPSA) is 84.5 Å². The summed E-state index contributed by atoms with van der Waals surface area (Å²) in [5.74, 6) is 0. The molecule has 0 aliphatic heterocycles. The van der Waals surface area contributed by atoms with Crippen molar-refractivity contribution < 1.29 is 17.9 Å². The van der Waals surface area contributed by atoms with Gasteiger partial charge < -0.3 is 4.74 Å². The lowest BCUT2D eigenvalue weighted by atomic mass is 10.4. The summed E-state index contributed by atoms with van der Waals surface area (Å²) in [4.78, 5) is 12.7. The van der Waals surface area contributed by atoms with Crippen molar-refractivity contribution in [3.63, 3.8) is 0 Å². The molecular formula is C9H11ClN2O4S. The SMILES string of the molecule is CCOC(=O)NNS(=O)(=O)c1ccccc1Cl. The van der Waals surface area contributed by atoms with Gasteiger partial charge in [-0.15, -0.1) is 4.83 Å². The number of rotatable bonds is 4. The van der Waals surface area contributed by atoms with E-state index in [-0.39, 0.29) is 16.5 Å². The first kappa shape index (κ1) is 13.8. The molecule has 0 spiro atoms. The molecule has 0 radical (unpaired) electrons.